The van der Waals surface area contributed by atoms with Gasteiger partial charge in [0.2, 0.25) is 0 Å². The van der Waals surface area contributed by atoms with Crippen molar-refractivity contribution in [3.8, 4) is 0 Å². The van der Waals surface area contributed by atoms with Crippen LogP contribution in [0.2, 0.25) is 0 Å². The highest BCUT2D eigenvalue weighted by atomic mass is 32.1. The molecule has 0 saturated heterocycles. The van der Waals surface area contributed by atoms with Crippen LogP contribution in [0.3, 0.4) is 0 Å². The molecular weight excluding hydrogens is 172 g/mol. The Morgan fingerprint density at radius 2 is 2.33 bits per heavy atom. The van der Waals surface area contributed by atoms with Gasteiger partial charge in [-0.15, -0.1) is 11.3 Å². The molecule has 0 amide bonds. The molecule has 0 unspecified atom stereocenters. The van der Waals surface area contributed by atoms with Crippen molar-refractivity contribution in [2.24, 2.45) is 0 Å². The van der Waals surface area contributed by atoms with Gasteiger partial charge in [0.05, 0.1) is 4.88 Å². The molecule has 0 aliphatic carbocycles. The number of hydrogen-bond acceptors (Lipinski definition) is 3. The van der Waals surface area contributed by atoms with Crippen molar-refractivity contribution in [3.63, 3.8) is 0 Å². The van der Waals surface area contributed by atoms with E-state index in [0.717, 1.165) is 10.4 Å². The quantitative estimate of drug-likeness (QED) is 0.406. The van der Waals surface area contributed by atoms with Gasteiger partial charge in [0.15, 0.2) is 5.78 Å². The monoisotopic (exact) mass is 180 g/mol. The Hall–Kier alpha value is -1.22. The second-order valence-corrected chi connectivity index (χ2v) is 3.21. The van der Waals surface area contributed by atoms with E-state index in [-0.39, 0.29) is 5.78 Å². The summed E-state index contributed by atoms with van der Waals surface area (Å²) in [6.07, 6.45) is 3.80. The second kappa shape index (κ2) is 3.97. The third-order valence-corrected chi connectivity index (χ3v) is 2.38. The van der Waals surface area contributed by atoms with Gasteiger partial charge in [-0.2, -0.15) is 0 Å². The molecule has 2 nitrogen and oxygen atoms in total. The van der Waals surface area contributed by atoms with Crippen LogP contribution in [0.5, 0.6) is 0 Å². The normalized spacial score (nSPS) is 10.4. The maximum atomic E-state index is 10.8. The van der Waals surface area contributed by atoms with Crippen LogP contribution in [0.4, 0.5) is 0 Å². The minimum absolute atomic E-state index is 0.0609. The number of thiophene rings is 1. The molecule has 0 saturated carbocycles. The first kappa shape index (κ1) is 8.87. The number of carbonyl (C=O) groups excluding carboxylic acids is 2. The van der Waals surface area contributed by atoms with Gasteiger partial charge in [-0.25, -0.2) is 0 Å². The highest BCUT2D eigenvalue weighted by Gasteiger charge is 2.00. The van der Waals surface area contributed by atoms with Gasteiger partial charge < -0.3 is 0 Å². The molecule has 0 radical (unpaired) electrons. The van der Waals surface area contributed by atoms with Crippen molar-refractivity contribution in [1.82, 2.24) is 0 Å². The minimum Gasteiger partial charge on any atom is -0.299 e. The van der Waals surface area contributed by atoms with E-state index in [1.165, 1.54) is 24.3 Å². The topological polar surface area (TPSA) is 34.1 Å². The molecule has 1 aromatic rings. The third kappa shape index (κ3) is 2.13. The molecule has 1 heterocycles. The largest absolute Gasteiger partial charge is 0.299 e. The lowest BCUT2D eigenvalue weighted by Gasteiger charge is -1.81. The SMILES string of the molecule is CC(=O)c1cc(C=CC=O)cs1. The van der Waals surface area contributed by atoms with Gasteiger partial charge in [0.25, 0.3) is 0 Å². The predicted octanol–water partition coefficient (Wildman–Crippen LogP) is 2.16. The number of aldehydes is 1. The van der Waals surface area contributed by atoms with Crippen LogP contribution in [0, 0.1) is 0 Å². The van der Waals surface area contributed by atoms with Crippen LogP contribution in [-0.2, 0) is 4.79 Å². The third-order valence-electron chi connectivity index (χ3n) is 1.33. The van der Waals surface area contributed by atoms with Crippen molar-refractivity contribution in [3.05, 3.63) is 28.0 Å². The van der Waals surface area contributed by atoms with E-state index >= 15 is 0 Å². The molecule has 0 aliphatic rings. The highest BCUT2D eigenvalue weighted by molar-refractivity contribution is 7.12. The molecule has 0 fully saturated rings. The number of Topliss-reactive ketones (excluding diaryl/α,β-unsaturated/α-hetero) is 1. The lowest BCUT2D eigenvalue weighted by atomic mass is 10.2. The van der Waals surface area contributed by atoms with E-state index in [4.69, 9.17) is 0 Å². The van der Waals surface area contributed by atoms with Gasteiger partial charge in [0, 0.05) is 0 Å². The molecule has 3 heteroatoms. The molecule has 0 N–H and O–H groups in total. The minimum atomic E-state index is 0.0609. The van der Waals surface area contributed by atoms with E-state index in [2.05, 4.69) is 0 Å². The summed E-state index contributed by atoms with van der Waals surface area (Å²) in [6.45, 7) is 1.53. The average Bonchev–Trinajstić information content (AvgIpc) is 2.48. The van der Waals surface area contributed by atoms with Crippen LogP contribution in [0.25, 0.3) is 6.08 Å². The van der Waals surface area contributed by atoms with Crippen LogP contribution >= 0.6 is 11.3 Å². The number of ketones is 1. The first-order valence-electron chi connectivity index (χ1n) is 3.45. The first-order valence-corrected chi connectivity index (χ1v) is 4.33. The molecule has 62 valence electrons. The maximum Gasteiger partial charge on any atom is 0.169 e. The molecule has 12 heavy (non-hydrogen) atoms. The molecule has 0 bridgehead atoms. The fourth-order valence-electron chi connectivity index (χ4n) is 0.773. The molecule has 1 aromatic heterocycles. The fraction of sp³-hybridized carbons (Fsp3) is 0.111. The van der Waals surface area contributed by atoms with E-state index in [1.54, 1.807) is 12.1 Å². The fourth-order valence-corrected chi connectivity index (χ4v) is 1.55. The Bertz CT molecular complexity index is 323. The Kier molecular flexibility index (Phi) is 2.94. The Labute approximate surface area is 74.5 Å². The summed E-state index contributed by atoms with van der Waals surface area (Å²) in [4.78, 5) is 21.5. The highest BCUT2D eigenvalue weighted by Crippen LogP contribution is 2.15. The summed E-state index contributed by atoms with van der Waals surface area (Å²) in [7, 11) is 0. The second-order valence-electron chi connectivity index (χ2n) is 2.30. The number of rotatable bonds is 3. The molecular formula is C9H8O2S. The lowest BCUT2D eigenvalue weighted by Crippen LogP contribution is -1.83. The molecule has 0 aromatic carbocycles. The summed E-state index contributed by atoms with van der Waals surface area (Å²) >= 11 is 1.39. The van der Waals surface area contributed by atoms with E-state index in [0.29, 0.717) is 6.29 Å². The standard InChI is InChI=1S/C9H8O2S/c1-7(11)9-5-8(6-12-9)3-2-4-10/h2-6H,1H3. The van der Waals surface area contributed by atoms with Crippen molar-refractivity contribution in [1.29, 1.82) is 0 Å². The zero-order valence-corrected chi connectivity index (χ0v) is 7.43. The molecule has 0 atom stereocenters. The van der Waals surface area contributed by atoms with E-state index in [1.807, 2.05) is 5.38 Å². The zero-order valence-electron chi connectivity index (χ0n) is 6.61. The summed E-state index contributed by atoms with van der Waals surface area (Å²) in [5.41, 5.74) is 0.900. The van der Waals surface area contributed by atoms with Gasteiger partial charge in [0.1, 0.15) is 6.29 Å². The first-order chi connectivity index (χ1) is 5.74. The van der Waals surface area contributed by atoms with Gasteiger partial charge in [-0.1, -0.05) is 6.08 Å². The van der Waals surface area contributed by atoms with Crippen LogP contribution in [0.1, 0.15) is 22.2 Å². The summed E-state index contributed by atoms with van der Waals surface area (Å²) in [5, 5.41) is 1.84. The van der Waals surface area contributed by atoms with Gasteiger partial charge in [-0.05, 0) is 30.0 Å². The van der Waals surface area contributed by atoms with Crippen LogP contribution in [-0.4, -0.2) is 12.1 Å². The zero-order chi connectivity index (χ0) is 8.97. The smallest absolute Gasteiger partial charge is 0.169 e. The summed E-state index contributed by atoms with van der Waals surface area (Å²) < 4.78 is 0. The van der Waals surface area contributed by atoms with Crippen molar-refractivity contribution in [2.75, 3.05) is 0 Å². The van der Waals surface area contributed by atoms with Crippen LogP contribution in [0.15, 0.2) is 17.5 Å². The summed E-state index contributed by atoms with van der Waals surface area (Å²) in [6, 6.07) is 1.77. The number of hydrogen-bond donors (Lipinski definition) is 0. The Morgan fingerprint density at radius 1 is 1.58 bits per heavy atom. The predicted molar refractivity (Wildman–Crippen MR) is 49.4 cm³/mol. The summed E-state index contributed by atoms with van der Waals surface area (Å²) in [5.74, 6) is 0.0609. The lowest BCUT2D eigenvalue weighted by molar-refractivity contribution is -0.104. The number of carbonyl (C=O) groups is 2. The van der Waals surface area contributed by atoms with Crippen molar-refractivity contribution >= 4 is 29.5 Å². The van der Waals surface area contributed by atoms with Gasteiger partial charge >= 0.3 is 0 Å². The van der Waals surface area contributed by atoms with E-state index in [9.17, 15) is 9.59 Å². The average molecular weight is 180 g/mol. The maximum absolute atomic E-state index is 10.8. The Morgan fingerprint density at radius 3 is 2.83 bits per heavy atom. The van der Waals surface area contributed by atoms with Crippen LogP contribution < -0.4 is 0 Å². The Balaban J connectivity index is 2.84. The van der Waals surface area contributed by atoms with Crippen molar-refractivity contribution in [2.45, 2.75) is 6.92 Å². The molecule has 0 spiro atoms. The van der Waals surface area contributed by atoms with Gasteiger partial charge in [-0.3, -0.25) is 9.59 Å². The molecule has 0 aliphatic heterocycles. The number of allylic oxidation sites excluding steroid dienone is 1. The molecule has 1 rings (SSSR count). The van der Waals surface area contributed by atoms with Crippen molar-refractivity contribution < 1.29 is 9.59 Å². The van der Waals surface area contributed by atoms with E-state index < -0.39 is 0 Å².